The SMILES string of the molecule is CCN1CCN(C(=O)c2cccc(-n3cc(-c4cc5ccccc5[nH]c4=O)nn3)c2)CC1. The molecule has 0 atom stereocenters. The van der Waals surface area contributed by atoms with Gasteiger partial charge in [-0.15, -0.1) is 5.10 Å². The number of para-hydroxylation sites is 1. The lowest BCUT2D eigenvalue weighted by molar-refractivity contribution is 0.0643. The second-order valence-corrected chi connectivity index (χ2v) is 7.92. The highest BCUT2D eigenvalue weighted by Gasteiger charge is 2.21. The molecule has 1 saturated heterocycles. The normalized spacial score (nSPS) is 14.7. The molecule has 0 unspecified atom stereocenters. The average molecular weight is 428 g/mol. The first kappa shape index (κ1) is 20.1. The number of piperazine rings is 1. The summed E-state index contributed by atoms with van der Waals surface area (Å²) in [4.78, 5) is 32.7. The molecule has 0 saturated carbocycles. The van der Waals surface area contributed by atoms with Crippen LogP contribution in [0, 0.1) is 0 Å². The highest BCUT2D eigenvalue weighted by molar-refractivity contribution is 5.94. The van der Waals surface area contributed by atoms with E-state index < -0.39 is 0 Å². The maximum absolute atomic E-state index is 13.0. The molecule has 0 bridgehead atoms. The van der Waals surface area contributed by atoms with Gasteiger partial charge in [0.15, 0.2) is 0 Å². The first-order valence-corrected chi connectivity index (χ1v) is 10.8. The third kappa shape index (κ3) is 3.80. The van der Waals surface area contributed by atoms with Crippen LogP contribution < -0.4 is 5.56 Å². The maximum Gasteiger partial charge on any atom is 0.258 e. The number of nitrogens with one attached hydrogen (secondary N) is 1. The van der Waals surface area contributed by atoms with Gasteiger partial charge in [0, 0.05) is 37.3 Å². The fourth-order valence-electron chi connectivity index (χ4n) is 4.08. The molecule has 162 valence electrons. The number of likely N-dealkylation sites (N-methyl/N-ethyl adjacent to an activating group) is 1. The van der Waals surface area contributed by atoms with Crippen molar-refractivity contribution < 1.29 is 4.79 Å². The number of aromatic amines is 1. The smallest absolute Gasteiger partial charge is 0.258 e. The van der Waals surface area contributed by atoms with Crippen LogP contribution in [-0.4, -0.2) is 68.4 Å². The van der Waals surface area contributed by atoms with Gasteiger partial charge < -0.3 is 14.8 Å². The van der Waals surface area contributed by atoms with Crippen LogP contribution >= 0.6 is 0 Å². The fourth-order valence-corrected chi connectivity index (χ4v) is 4.08. The summed E-state index contributed by atoms with van der Waals surface area (Å²) in [5.74, 6) is 0.0221. The van der Waals surface area contributed by atoms with Gasteiger partial charge in [-0.05, 0) is 42.3 Å². The molecule has 4 aromatic rings. The van der Waals surface area contributed by atoms with Crippen molar-refractivity contribution in [3.05, 3.63) is 76.7 Å². The number of fused-ring (bicyclic) bond motifs is 1. The minimum absolute atomic E-state index is 0.0221. The average Bonchev–Trinajstić information content (AvgIpc) is 3.33. The molecular formula is C24H24N6O2. The highest BCUT2D eigenvalue weighted by Crippen LogP contribution is 2.19. The molecule has 8 heteroatoms. The van der Waals surface area contributed by atoms with Crippen LogP contribution in [0.25, 0.3) is 27.8 Å². The third-order valence-corrected chi connectivity index (χ3v) is 5.99. The number of hydrogen-bond acceptors (Lipinski definition) is 5. The topological polar surface area (TPSA) is 87.1 Å². The van der Waals surface area contributed by atoms with Crippen molar-refractivity contribution in [1.29, 1.82) is 0 Å². The van der Waals surface area contributed by atoms with Crippen LogP contribution in [0.5, 0.6) is 0 Å². The molecule has 0 radical (unpaired) electrons. The molecule has 0 spiro atoms. The summed E-state index contributed by atoms with van der Waals surface area (Å²) in [5.41, 5.74) is 2.83. The monoisotopic (exact) mass is 428 g/mol. The van der Waals surface area contributed by atoms with Crippen LogP contribution in [-0.2, 0) is 0 Å². The minimum Gasteiger partial charge on any atom is -0.336 e. The number of pyridine rings is 1. The largest absolute Gasteiger partial charge is 0.336 e. The maximum atomic E-state index is 13.0. The van der Waals surface area contributed by atoms with E-state index in [-0.39, 0.29) is 11.5 Å². The lowest BCUT2D eigenvalue weighted by Gasteiger charge is -2.34. The highest BCUT2D eigenvalue weighted by atomic mass is 16.2. The lowest BCUT2D eigenvalue weighted by Crippen LogP contribution is -2.48. The second kappa shape index (κ2) is 8.39. The van der Waals surface area contributed by atoms with Gasteiger partial charge in [-0.1, -0.05) is 36.4 Å². The second-order valence-electron chi connectivity index (χ2n) is 7.92. The summed E-state index contributed by atoms with van der Waals surface area (Å²) in [6, 6.07) is 16.8. The van der Waals surface area contributed by atoms with Crippen LogP contribution in [0.2, 0.25) is 0 Å². The number of carbonyl (C=O) groups excluding carboxylic acids is 1. The van der Waals surface area contributed by atoms with Gasteiger partial charge in [0.25, 0.3) is 11.5 Å². The standard InChI is InChI=1S/C24H24N6O2/c1-2-28-10-12-29(13-11-28)24(32)18-7-5-8-19(14-18)30-16-22(26-27-30)20-15-17-6-3-4-9-21(17)25-23(20)31/h3-9,14-16H,2,10-13H2,1H3,(H,25,31). The van der Waals surface area contributed by atoms with E-state index in [4.69, 9.17) is 0 Å². The van der Waals surface area contributed by atoms with Gasteiger partial charge in [-0.25, -0.2) is 4.68 Å². The molecule has 1 aliphatic heterocycles. The van der Waals surface area contributed by atoms with E-state index in [2.05, 4.69) is 27.1 Å². The summed E-state index contributed by atoms with van der Waals surface area (Å²) in [5, 5.41) is 9.33. The first-order chi connectivity index (χ1) is 15.6. The molecular weight excluding hydrogens is 404 g/mol. The van der Waals surface area contributed by atoms with Gasteiger partial charge in [0.2, 0.25) is 0 Å². The lowest BCUT2D eigenvalue weighted by atomic mass is 10.1. The number of amides is 1. The predicted molar refractivity (Wildman–Crippen MR) is 123 cm³/mol. The van der Waals surface area contributed by atoms with Gasteiger partial charge in [-0.3, -0.25) is 9.59 Å². The van der Waals surface area contributed by atoms with Crippen LogP contribution in [0.4, 0.5) is 0 Å². The van der Waals surface area contributed by atoms with Crippen molar-refractivity contribution in [1.82, 2.24) is 29.8 Å². The molecule has 1 fully saturated rings. The summed E-state index contributed by atoms with van der Waals surface area (Å²) in [7, 11) is 0. The van der Waals surface area contributed by atoms with Crippen molar-refractivity contribution in [3.8, 4) is 16.9 Å². The Morgan fingerprint density at radius 2 is 1.84 bits per heavy atom. The van der Waals surface area contributed by atoms with E-state index in [0.717, 1.165) is 49.3 Å². The zero-order valence-corrected chi connectivity index (χ0v) is 17.9. The van der Waals surface area contributed by atoms with E-state index in [0.29, 0.717) is 16.8 Å². The molecule has 2 aromatic carbocycles. The zero-order valence-electron chi connectivity index (χ0n) is 17.9. The van der Waals surface area contributed by atoms with Crippen molar-refractivity contribution in [2.24, 2.45) is 0 Å². The molecule has 0 aliphatic carbocycles. The Hall–Kier alpha value is -3.78. The van der Waals surface area contributed by atoms with Crippen LogP contribution in [0.3, 0.4) is 0 Å². The summed E-state index contributed by atoms with van der Waals surface area (Å²) < 4.78 is 1.59. The number of benzene rings is 2. The summed E-state index contributed by atoms with van der Waals surface area (Å²) in [6.07, 6.45) is 1.71. The molecule has 8 nitrogen and oxygen atoms in total. The Morgan fingerprint density at radius 3 is 2.66 bits per heavy atom. The Balaban J connectivity index is 1.41. The van der Waals surface area contributed by atoms with E-state index in [9.17, 15) is 9.59 Å². The van der Waals surface area contributed by atoms with Crippen molar-refractivity contribution in [3.63, 3.8) is 0 Å². The molecule has 1 N–H and O–H groups in total. The van der Waals surface area contributed by atoms with Crippen LogP contribution in [0.15, 0.2) is 65.6 Å². The number of hydrogen-bond donors (Lipinski definition) is 1. The van der Waals surface area contributed by atoms with Gasteiger partial charge >= 0.3 is 0 Å². The predicted octanol–water partition coefficient (Wildman–Crippen LogP) is 2.55. The Kier molecular flexibility index (Phi) is 5.28. The Morgan fingerprint density at radius 1 is 1.03 bits per heavy atom. The van der Waals surface area contributed by atoms with Gasteiger partial charge in [0.1, 0.15) is 5.69 Å². The van der Waals surface area contributed by atoms with Gasteiger partial charge in [0.05, 0.1) is 17.4 Å². The summed E-state index contributed by atoms with van der Waals surface area (Å²) >= 11 is 0. The molecule has 2 aromatic heterocycles. The quantitative estimate of drug-likeness (QED) is 0.540. The first-order valence-electron chi connectivity index (χ1n) is 10.8. The Labute approximate surface area is 185 Å². The van der Waals surface area contributed by atoms with E-state index in [1.165, 1.54) is 0 Å². The fraction of sp³-hybridized carbons (Fsp3) is 0.250. The number of rotatable bonds is 4. The molecule has 3 heterocycles. The number of nitrogens with zero attached hydrogens (tertiary/aromatic N) is 5. The van der Waals surface area contributed by atoms with E-state index in [1.54, 1.807) is 10.9 Å². The molecule has 32 heavy (non-hydrogen) atoms. The van der Waals surface area contributed by atoms with E-state index in [1.807, 2.05) is 59.5 Å². The Bertz CT molecular complexity index is 1330. The summed E-state index contributed by atoms with van der Waals surface area (Å²) in [6.45, 7) is 6.40. The van der Waals surface area contributed by atoms with E-state index >= 15 is 0 Å². The van der Waals surface area contributed by atoms with Crippen molar-refractivity contribution >= 4 is 16.8 Å². The van der Waals surface area contributed by atoms with Gasteiger partial charge in [-0.2, -0.15) is 0 Å². The zero-order chi connectivity index (χ0) is 22.1. The number of H-pyrrole nitrogens is 1. The van der Waals surface area contributed by atoms with Crippen molar-refractivity contribution in [2.45, 2.75) is 6.92 Å². The van der Waals surface area contributed by atoms with Crippen molar-refractivity contribution in [2.75, 3.05) is 32.7 Å². The molecule has 1 amide bonds. The molecule has 5 rings (SSSR count). The van der Waals surface area contributed by atoms with Crippen LogP contribution in [0.1, 0.15) is 17.3 Å². The third-order valence-electron chi connectivity index (χ3n) is 5.99. The number of carbonyl (C=O) groups is 1. The number of aromatic nitrogens is 4. The minimum atomic E-state index is -0.217. The molecule has 1 aliphatic rings.